The summed E-state index contributed by atoms with van der Waals surface area (Å²) < 4.78 is 0. The van der Waals surface area contributed by atoms with Gasteiger partial charge in [0.15, 0.2) is 0 Å². The van der Waals surface area contributed by atoms with E-state index in [0.29, 0.717) is 0 Å². The molecule has 3 nitrogen and oxygen atoms in total. The fraction of sp³-hybridized carbons (Fsp3) is 0.222. The van der Waals surface area contributed by atoms with Crippen molar-refractivity contribution >= 4 is 0 Å². The Balaban J connectivity index is 2.08. The Labute approximate surface area is 125 Å². The number of hydrogen-bond donors (Lipinski definition) is 1. The van der Waals surface area contributed by atoms with E-state index in [4.69, 9.17) is 4.84 Å². The summed E-state index contributed by atoms with van der Waals surface area (Å²) in [5.41, 5.74) is 1.94. The van der Waals surface area contributed by atoms with Crippen molar-refractivity contribution in [1.29, 1.82) is 0 Å². The van der Waals surface area contributed by atoms with E-state index in [2.05, 4.69) is 43.1 Å². The molecule has 21 heavy (non-hydrogen) atoms. The second kappa shape index (κ2) is 5.26. The van der Waals surface area contributed by atoms with Gasteiger partial charge in [-0.05, 0) is 18.1 Å². The normalized spacial score (nSPS) is 25.5. The van der Waals surface area contributed by atoms with Crippen LogP contribution in [0.25, 0.3) is 0 Å². The second-order valence-corrected chi connectivity index (χ2v) is 5.53. The monoisotopic (exact) mass is 280 g/mol. The van der Waals surface area contributed by atoms with E-state index in [-0.39, 0.29) is 11.6 Å². The molecule has 0 saturated carbocycles. The third-order valence-corrected chi connectivity index (χ3v) is 4.05. The molecule has 0 bridgehead atoms. The molecule has 1 fully saturated rings. The minimum Gasteiger partial charge on any atom is -0.358 e. The first-order chi connectivity index (χ1) is 10.1. The van der Waals surface area contributed by atoms with Crippen LogP contribution in [-0.2, 0) is 10.4 Å². The Morgan fingerprint density at radius 2 is 1.62 bits per heavy atom. The molecule has 1 saturated heterocycles. The first kappa shape index (κ1) is 13.7. The molecule has 2 atom stereocenters. The summed E-state index contributed by atoms with van der Waals surface area (Å²) in [6.45, 7) is 6.19. The summed E-state index contributed by atoms with van der Waals surface area (Å²) in [5, 5.41) is 5.21. The summed E-state index contributed by atoms with van der Waals surface area (Å²) >= 11 is 0. The Kier molecular flexibility index (Phi) is 3.43. The van der Waals surface area contributed by atoms with Gasteiger partial charge < -0.3 is 5.32 Å². The lowest BCUT2D eigenvalue weighted by molar-refractivity contribution is -0.219. The highest BCUT2D eigenvalue weighted by atomic mass is 16.7. The third-order valence-electron chi connectivity index (χ3n) is 4.05. The molecule has 1 aliphatic heterocycles. The van der Waals surface area contributed by atoms with Crippen molar-refractivity contribution < 1.29 is 4.84 Å². The topological polar surface area (TPSA) is 24.5 Å². The molecule has 0 aliphatic carbocycles. The maximum Gasteiger partial charge on any atom is 0.137 e. The van der Waals surface area contributed by atoms with Gasteiger partial charge in [0.05, 0.1) is 5.54 Å². The molecule has 2 unspecified atom stereocenters. The zero-order valence-electron chi connectivity index (χ0n) is 12.4. The minimum atomic E-state index is -0.369. The van der Waals surface area contributed by atoms with Crippen LogP contribution in [0.2, 0.25) is 0 Å². The zero-order chi connectivity index (χ0) is 14.9. The molecule has 0 radical (unpaired) electrons. The Morgan fingerprint density at radius 3 is 2.24 bits per heavy atom. The zero-order valence-corrected chi connectivity index (χ0v) is 12.4. The number of nitrogens with zero attached hydrogens (tertiary/aromatic N) is 1. The van der Waals surface area contributed by atoms with Crippen molar-refractivity contribution in [2.45, 2.75) is 18.6 Å². The van der Waals surface area contributed by atoms with Gasteiger partial charge >= 0.3 is 0 Å². The average Bonchev–Trinajstić information content (AvgIpc) is 2.53. The van der Waals surface area contributed by atoms with Gasteiger partial charge in [-0.2, -0.15) is 0 Å². The Hall–Kier alpha value is -2.26. The third kappa shape index (κ3) is 2.41. The quantitative estimate of drug-likeness (QED) is 0.910. The van der Waals surface area contributed by atoms with E-state index in [1.165, 1.54) is 5.56 Å². The second-order valence-electron chi connectivity index (χ2n) is 5.53. The van der Waals surface area contributed by atoms with E-state index >= 15 is 0 Å². The summed E-state index contributed by atoms with van der Waals surface area (Å²) in [5.74, 6) is 0.758. The van der Waals surface area contributed by atoms with Crippen LogP contribution in [-0.4, -0.2) is 12.1 Å². The van der Waals surface area contributed by atoms with Gasteiger partial charge in [-0.1, -0.05) is 67.2 Å². The van der Waals surface area contributed by atoms with Gasteiger partial charge in [0.1, 0.15) is 11.9 Å². The summed E-state index contributed by atoms with van der Waals surface area (Å²) in [7, 11) is 1.87. The molecule has 3 rings (SSSR count). The summed E-state index contributed by atoms with van der Waals surface area (Å²) in [6.07, 6.45) is -0.128. The molecule has 108 valence electrons. The molecule has 2 aromatic rings. The van der Waals surface area contributed by atoms with Gasteiger partial charge in [0.25, 0.3) is 0 Å². The number of rotatable bonds is 2. The van der Waals surface area contributed by atoms with E-state index < -0.39 is 0 Å². The SMILES string of the molecule is C=C1NC(C)(c2ccccc2)C(c2ccccc2)ON1C. The Bertz CT molecular complexity index is 626. The highest BCUT2D eigenvalue weighted by Crippen LogP contribution is 2.41. The smallest absolute Gasteiger partial charge is 0.137 e. The standard InChI is InChI=1S/C18H20N2O/c1-14-19-18(2,16-12-8-5-9-13-16)17(21-20(14)3)15-10-6-4-7-11-15/h4-13,17,19H,1H2,2-3H3. The van der Waals surface area contributed by atoms with Crippen molar-refractivity contribution in [2.75, 3.05) is 7.05 Å². The molecule has 0 aromatic heterocycles. The van der Waals surface area contributed by atoms with Crippen LogP contribution in [0.15, 0.2) is 73.1 Å². The van der Waals surface area contributed by atoms with Crippen LogP contribution in [0.3, 0.4) is 0 Å². The molecule has 1 aliphatic rings. The Morgan fingerprint density at radius 1 is 1.05 bits per heavy atom. The van der Waals surface area contributed by atoms with Crippen LogP contribution >= 0.6 is 0 Å². The molecule has 1 heterocycles. The van der Waals surface area contributed by atoms with Crippen LogP contribution in [0, 0.1) is 0 Å². The number of benzene rings is 2. The molecule has 1 N–H and O–H groups in total. The van der Waals surface area contributed by atoms with Crippen molar-refractivity contribution in [1.82, 2.24) is 10.4 Å². The predicted octanol–water partition coefficient (Wildman–Crippen LogP) is 3.58. The van der Waals surface area contributed by atoms with E-state index in [0.717, 1.165) is 11.4 Å². The molecule has 3 heteroatoms. The average molecular weight is 280 g/mol. The number of nitrogens with one attached hydrogen (secondary N) is 1. The maximum atomic E-state index is 6.13. The van der Waals surface area contributed by atoms with Crippen molar-refractivity contribution in [3.8, 4) is 0 Å². The molecule has 0 spiro atoms. The highest BCUT2D eigenvalue weighted by molar-refractivity contribution is 5.32. The lowest BCUT2D eigenvalue weighted by atomic mass is 9.82. The molecular weight excluding hydrogens is 260 g/mol. The van der Waals surface area contributed by atoms with Gasteiger partial charge in [-0.3, -0.25) is 4.84 Å². The van der Waals surface area contributed by atoms with Crippen LogP contribution in [0.4, 0.5) is 0 Å². The van der Waals surface area contributed by atoms with Crippen molar-refractivity contribution in [3.63, 3.8) is 0 Å². The largest absolute Gasteiger partial charge is 0.358 e. The minimum absolute atomic E-state index is 0.128. The van der Waals surface area contributed by atoms with E-state index in [9.17, 15) is 0 Å². The molecular formula is C18H20N2O. The lowest BCUT2D eigenvalue weighted by Gasteiger charge is -2.47. The highest BCUT2D eigenvalue weighted by Gasteiger charge is 2.43. The van der Waals surface area contributed by atoms with Gasteiger partial charge in [0.2, 0.25) is 0 Å². The fourth-order valence-corrected chi connectivity index (χ4v) is 2.80. The fourth-order valence-electron chi connectivity index (χ4n) is 2.80. The molecule has 0 amide bonds. The summed E-state index contributed by atoms with van der Waals surface area (Å²) in [4.78, 5) is 6.13. The van der Waals surface area contributed by atoms with E-state index in [1.54, 1.807) is 5.06 Å². The molecule has 2 aromatic carbocycles. The lowest BCUT2D eigenvalue weighted by Crippen LogP contribution is -2.53. The maximum absolute atomic E-state index is 6.13. The summed E-state index contributed by atoms with van der Waals surface area (Å²) in [6, 6.07) is 20.6. The number of hydrogen-bond acceptors (Lipinski definition) is 3. The van der Waals surface area contributed by atoms with Crippen molar-refractivity contribution in [2.24, 2.45) is 0 Å². The first-order valence-electron chi connectivity index (χ1n) is 7.09. The van der Waals surface area contributed by atoms with E-state index in [1.807, 2.05) is 43.4 Å². The van der Waals surface area contributed by atoms with Crippen LogP contribution < -0.4 is 5.32 Å². The van der Waals surface area contributed by atoms with Gasteiger partial charge in [-0.25, -0.2) is 5.06 Å². The van der Waals surface area contributed by atoms with Gasteiger partial charge in [-0.15, -0.1) is 0 Å². The number of hydroxylamine groups is 2. The first-order valence-corrected chi connectivity index (χ1v) is 7.09. The van der Waals surface area contributed by atoms with Crippen LogP contribution in [0.1, 0.15) is 24.2 Å². The van der Waals surface area contributed by atoms with Crippen molar-refractivity contribution in [3.05, 3.63) is 84.2 Å². The van der Waals surface area contributed by atoms with Crippen LogP contribution in [0.5, 0.6) is 0 Å². The van der Waals surface area contributed by atoms with Gasteiger partial charge in [0, 0.05) is 7.05 Å². The predicted molar refractivity (Wildman–Crippen MR) is 84.1 cm³/mol.